The standard InChI is InChI=1S/C10H14BrN5S/c1-3-4-12-9(8-6-13-15-17-8)10-7(11)5-14-16(10)2/h5-6,9,12H,3-4H2,1-2H3. The van der Waals surface area contributed by atoms with Crippen LogP contribution in [0, 0.1) is 0 Å². The zero-order valence-corrected chi connectivity index (χ0v) is 12.1. The average Bonchev–Trinajstić information content (AvgIpc) is 2.93. The zero-order chi connectivity index (χ0) is 12.3. The molecule has 0 aromatic carbocycles. The monoisotopic (exact) mass is 315 g/mol. The number of hydrogen-bond donors (Lipinski definition) is 1. The Morgan fingerprint density at radius 2 is 2.35 bits per heavy atom. The minimum absolute atomic E-state index is 0.0943. The maximum Gasteiger partial charge on any atom is 0.0885 e. The summed E-state index contributed by atoms with van der Waals surface area (Å²) in [6, 6.07) is 0.0943. The third kappa shape index (κ3) is 2.72. The molecule has 0 aliphatic heterocycles. The summed E-state index contributed by atoms with van der Waals surface area (Å²) in [4.78, 5) is 1.10. The molecule has 1 N–H and O–H groups in total. The van der Waals surface area contributed by atoms with Crippen LogP contribution in [-0.4, -0.2) is 25.9 Å². The van der Waals surface area contributed by atoms with Crippen molar-refractivity contribution in [3.8, 4) is 0 Å². The van der Waals surface area contributed by atoms with E-state index in [1.165, 1.54) is 11.5 Å². The molecule has 0 aliphatic carbocycles. The van der Waals surface area contributed by atoms with E-state index in [1.807, 2.05) is 17.9 Å². The molecule has 0 fully saturated rings. The smallest absolute Gasteiger partial charge is 0.0885 e. The molecule has 2 rings (SSSR count). The van der Waals surface area contributed by atoms with Crippen molar-refractivity contribution in [1.29, 1.82) is 0 Å². The molecular weight excluding hydrogens is 302 g/mol. The second kappa shape index (κ2) is 5.70. The van der Waals surface area contributed by atoms with Gasteiger partial charge in [0.2, 0.25) is 0 Å². The van der Waals surface area contributed by atoms with Gasteiger partial charge in [-0.3, -0.25) is 4.68 Å². The van der Waals surface area contributed by atoms with E-state index in [-0.39, 0.29) is 6.04 Å². The lowest BCUT2D eigenvalue weighted by Crippen LogP contribution is -2.24. The highest BCUT2D eigenvalue weighted by Crippen LogP contribution is 2.29. The van der Waals surface area contributed by atoms with Crippen LogP contribution in [0.2, 0.25) is 0 Å². The molecule has 1 unspecified atom stereocenters. The highest BCUT2D eigenvalue weighted by molar-refractivity contribution is 9.10. The molecule has 0 saturated carbocycles. The van der Waals surface area contributed by atoms with E-state index in [9.17, 15) is 0 Å². The largest absolute Gasteiger partial charge is 0.304 e. The van der Waals surface area contributed by atoms with Gasteiger partial charge in [0.1, 0.15) is 0 Å². The molecule has 7 heteroatoms. The van der Waals surface area contributed by atoms with E-state index in [2.05, 4.69) is 42.9 Å². The Labute approximate surface area is 113 Å². The van der Waals surface area contributed by atoms with Crippen molar-refractivity contribution in [2.24, 2.45) is 7.05 Å². The van der Waals surface area contributed by atoms with Gasteiger partial charge in [-0.1, -0.05) is 11.4 Å². The first-order valence-corrected chi connectivity index (χ1v) is 6.98. The summed E-state index contributed by atoms with van der Waals surface area (Å²) in [5.74, 6) is 0. The predicted molar refractivity (Wildman–Crippen MR) is 71.0 cm³/mol. The molecule has 1 atom stereocenters. The summed E-state index contributed by atoms with van der Waals surface area (Å²) in [6.45, 7) is 3.09. The summed E-state index contributed by atoms with van der Waals surface area (Å²) < 4.78 is 6.80. The van der Waals surface area contributed by atoms with Crippen molar-refractivity contribution < 1.29 is 0 Å². The fourth-order valence-corrected chi connectivity index (χ4v) is 2.83. The minimum Gasteiger partial charge on any atom is -0.304 e. The van der Waals surface area contributed by atoms with Crippen LogP contribution < -0.4 is 5.32 Å². The van der Waals surface area contributed by atoms with Gasteiger partial charge in [0.25, 0.3) is 0 Å². The van der Waals surface area contributed by atoms with Crippen LogP contribution in [0.3, 0.4) is 0 Å². The van der Waals surface area contributed by atoms with Gasteiger partial charge >= 0.3 is 0 Å². The highest BCUT2D eigenvalue weighted by atomic mass is 79.9. The molecule has 92 valence electrons. The van der Waals surface area contributed by atoms with Gasteiger partial charge < -0.3 is 5.32 Å². The van der Waals surface area contributed by atoms with Crippen LogP contribution in [-0.2, 0) is 7.05 Å². The fraction of sp³-hybridized carbons (Fsp3) is 0.500. The van der Waals surface area contributed by atoms with Gasteiger partial charge in [-0.25, -0.2) is 0 Å². The Bertz CT molecular complexity index is 448. The van der Waals surface area contributed by atoms with Crippen LogP contribution >= 0.6 is 27.5 Å². The predicted octanol–water partition coefficient (Wildman–Crippen LogP) is 2.12. The minimum atomic E-state index is 0.0943. The zero-order valence-electron chi connectivity index (χ0n) is 9.72. The van der Waals surface area contributed by atoms with Crippen LogP contribution in [0.25, 0.3) is 0 Å². The van der Waals surface area contributed by atoms with Gasteiger partial charge in [0.15, 0.2) is 0 Å². The molecule has 0 aliphatic rings. The van der Waals surface area contributed by atoms with Crippen LogP contribution in [0.15, 0.2) is 16.9 Å². The number of halogens is 1. The number of nitrogens with one attached hydrogen (secondary N) is 1. The van der Waals surface area contributed by atoms with E-state index in [1.54, 1.807) is 6.20 Å². The average molecular weight is 316 g/mol. The Morgan fingerprint density at radius 1 is 1.53 bits per heavy atom. The highest BCUT2D eigenvalue weighted by Gasteiger charge is 2.21. The lowest BCUT2D eigenvalue weighted by Gasteiger charge is -2.17. The first-order valence-electron chi connectivity index (χ1n) is 5.42. The molecule has 2 aromatic rings. The summed E-state index contributed by atoms with van der Waals surface area (Å²) in [5, 5.41) is 11.6. The molecule has 2 heterocycles. The van der Waals surface area contributed by atoms with E-state index >= 15 is 0 Å². The summed E-state index contributed by atoms with van der Waals surface area (Å²) in [6.07, 6.45) is 4.69. The van der Waals surface area contributed by atoms with Gasteiger partial charge in [-0.15, -0.1) is 5.10 Å². The van der Waals surface area contributed by atoms with Crippen LogP contribution in [0.1, 0.15) is 30.0 Å². The Balaban J connectivity index is 2.33. The van der Waals surface area contributed by atoms with Crippen molar-refractivity contribution in [3.63, 3.8) is 0 Å². The van der Waals surface area contributed by atoms with Gasteiger partial charge in [0.05, 0.1) is 33.5 Å². The van der Waals surface area contributed by atoms with Crippen molar-refractivity contribution in [3.05, 3.63) is 27.4 Å². The molecule has 0 spiro atoms. The summed E-state index contributed by atoms with van der Waals surface area (Å²) >= 11 is 4.95. The van der Waals surface area contributed by atoms with Crippen molar-refractivity contribution in [1.82, 2.24) is 24.7 Å². The molecule has 17 heavy (non-hydrogen) atoms. The van der Waals surface area contributed by atoms with E-state index in [0.717, 1.165) is 28.0 Å². The van der Waals surface area contributed by atoms with Crippen LogP contribution in [0.4, 0.5) is 0 Å². The van der Waals surface area contributed by atoms with Crippen LogP contribution in [0.5, 0.6) is 0 Å². The Hall–Kier alpha value is -0.790. The van der Waals surface area contributed by atoms with Crippen molar-refractivity contribution in [2.45, 2.75) is 19.4 Å². The normalized spacial score (nSPS) is 12.9. The van der Waals surface area contributed by atoms with Gasteiger partial charge in [0, 0.05) is 7.05 Å². The fourth-order valence-electron chi connectivity index (χ4n) is 1.67. The number of rotatable bonds is 5. The first-order chi connectivity index (χ1) is 8.24. The van der Waals surface area contributed by atoms with E-state index in [4.69, 9.17) is 0 Å². The number of aryl methyl sites for hydroxylation is 1. The van der Waals surface area contributed by atoms with Crippen molar-refractivity contribution >= 4 is 27.5 Å². The second-order valence-corrected chi connectivity index (χ2v) is 5.38. The van der Waals surface area contributed by atoms with E-state index in [0.29, 0.717) is 0 Å². The second-order valence-electron chi connectivity index (χ2n) is 3.71. The number of nitrogens with zero attached hydrogens (tertiary/aromatic N) is 4. The first kappa shape index (κ1) is 12.7. The maximum absolute atomic E-state index is 4.25. The molecule has 2 aromatic heterocycles. The number of hydrogen-bond acceptors (Lipinski definition) is 5. The number of aromatic nitrogens is 4. The summed E-state index contributed by atoms with van der Waals surface area (Å²) in [7, 11) is 1.94. The van der Waals surface area contributed by atoms with Gasteiger partial charge in [-0.05, 0) is 40.4 Å². The molecular formula is C10H14BrN5S. The maximum atomic E-state index is 4.25. The topological polar surface area (TPSA) is 55.6 Å². The third-order valence-electron chi connectivity index (χ3n) is 2.47. The third-order valence-corrected chi connectivity index (χ3v) is 3.81. The van der Waals surface area contributed by atoms with Gasteiger partial charge in [-0.2, -0.15) is 5.10 Å². The lowest BCUT2D eigenvalue weighted by molar-refractivity contribution is 0.557. The molecule has 0 radical (unpaired) electrons. The Kier molecular flexibility index (Phi) is 4.25. The lowest BCUT2D eigenvalue weighted by atomic mass is 10.2. The summed E-state index contributed by atoms with van der Waals surface area (Å²) in [5.41, 5.74) is 1.10. The van der Waals surface area contributed by atoms with Crippen molar-refractivity contribution in [2.75, 3.05) is 6.54 Å². The van der Waals surface area contributed by atoms with E-state index < -0.39 is 0 Å². The molecule has 5 nitrogen and oxygen atoms in total. The SMILES string of the molecule is CCCNC(c1cnns1)c1c(Br)cnn1C. The quantitative estimate of drug-likeness (QED) is 0.918. The molecule has 0 amide bonds. The Morgan fingerprint density at radius 3 is 2.88 bits per heavy atom. The molecule has 0 bridgehead atoms. The molecule has 0 saturated heterocycles.